The van der Waals surface area contributed by atoms with Crippen molar-refractivity contribution >= 4 is 11.5 Å². The van der Waals surface area contributed by atoms with Gasteiger partial charge in [-0.1, -0.05) is 32.3 Å². The Morgan fingerprint density at radius 3 is 2.84 bits per heavy atom. The lowest BCUT2D eigenvalue weighted by molar-refractivity contribution is 0.461. The number of fused-ring (bicyclic) bond motifs is 1. The minimum atomic E-state index is 0.625. The molecule has 1 N–H and O–H groups in total. The number of pyridine rings is 1. The first-order valence-corrected chi connectivity index (χ1v) is 7.52. The summed E-state index contributed by atoms with van der Waals surface area (Å²) in [6.45, 7) is 4.31. The second-order valence-corrected chi connectivity index (χ2v) is 5.62. The van der Waals surface area contributed by atoms with E-state index in [1.807, 2.05) is 0 Å². The van der Waals surface area contributed by atoms with Crippen LogP contribution in [0, 0.1) is 6.92 Å². The molecule has 0 aromatic carbocycles. The molecule has 0 bridgehead atoms. The van der Waals surface area contributed by atoms with E-state index >= 15 is 0 Å². The quantitative estimate of drug-likeness (QED) is 0.902. The first-order chi connectivity index (χ1) is 9.29. The highest BCUT2D eigenvalue weighted by Crippen LogP contribution is 2.26. The number of hydrogen-bond donors (Lipinski definition) is 1. The molecule has 1 aliphatic carbocycles. The fourth-order valence-corrected chi connectivity index (χ4v) is 3.09. The van der Waals surface area contributed by atoms with Crippen molar-refractivity contribution in [2.45, 2.75) is 58.4 Å². The molecule has 3 rings (SSSR count). The summed E-state index contributed by atoms with van der Waals surface area (Å²) in [5.41, 5.74) is 3.53. The summed E-state index contributed by atoms with van der Waals surface area (Å²) < 4.78 is 2.22. The van der Waals surface area contributed by atoms with Crippen molar-refractivity contribution in [1.82, 2.24) is 9.38 Å². The number of nitrogens with one attached hydrogen (secondary N) is 1. The summed E-state index contributed by atoms with van der Waals surface area (Å²) in [6, 6.07) is 4.86. The first kappa shape index (κ1) is 12.5. The van der Waals surface area contributed by atoms with Gasteiger partial charge in [-0.15, -0.1) is 0 Å². The van der Waals surface area contributed by atoms with Crippen molar-refractivity contribution in [3.05, 3.63) is 29.6 Å². The molecule has 3 nitrogen and oxygen atoms in total. The Balaban J connectivity index is 1.98. The van der Waals surface area contributed by atoms with E-state index in [-0.39, 0.29) is 0 Å². The summed E-state index contributed by atoms with van der Waals surface area (Å²) in [4.78, 5) is 4.80. The van der Waals surface area contributed by atoms with Crippen molar-refractivity contribution in [2.24, 2.45) is 0 Å². The van der Waals surface area contributed by atoms with Gasteiger partial charge in [0.05, 0.1) is 5.69 Å². The van der Waals surface area contributed by atoms with Gasteiger partial charge in [-0.2, -0.15) is 0 Å². The molecule has 0 unspecified atom stereocenters. The number of hydrogen-bond acceptors (Lipinski definition) is 2. The van der Waals surface area contributed by atoms with Crippen LogP contribution in [0.15, 0.2) is 18.3 Å². The number of imidazole rings is 1. The minimum Gasteiger partial charge on any atom is -0.367 e. The average molecular weight is 257 g/mol. The lowest BCUT2D eigenvalue weighted by Gasteiger charge is -2.24. The zero-order chi connectivity index (χ0) is 13.2. The number of nitrogens with zero attached hydrogens (tertiary/aromatic N) is 2. The van der Waals surface area contributed by atoms with Crippen molar-refractivity contribution < 1.29 is 0 Å². The van der Waals surface area contributed by atoms with Gasteiger partial charge >= 0.3 is 0 Å². The molecule has 0 saturated heterocycles. The largest absolute Gasteiger partial charge is 0.367 e. The van der Waals surface area contributed by atoms with Gasteiger partial charge in [-0.25, -0.2) is 4.98 Å². The average Bonchev–Trinajstić information content (AvgIpc) is 2.80. The summed E-state index contributed by atoms with van der Waals surface area (Å²) in [5, 5.41) is 3.75. The Hall–Kier alpha value is -1.51. The van der Waals surface area contributed by atoms with Gasteiger partial charge in [0, 0.05) is 12.2 Å². The molecule has 1 saturated carbocycles. The highest BCUT2D eigenvalue weighted by Gasteiger charge is 2.18. The molecule has 19 heavy (non-hydrogen) atoms. The zero-order valence-electron chi connectivity index (χ0n) is 11.9. The monoisotopic (exact) mass is 257 g/mol. The van der Waals surface area contributed by atoms with E-state index in [9.17, 15) is 0 Å². The molecule has 0 amide bonds. The predicted octanol–water partition coefficient (Wildman–Crippen LogP) is 3.95. The Morgan fingerprint density at radius 1 is 1.32 bits per heavy atom. The van der Waals surface area contributed by atoms with E-state index in [0.717, 1.165) is 12.1 Å². The van der Waals surface area contributed by atoms with Crippen LogP contribution < -0.4 is 5.32 Å². The first-order valence-electron chi connectivity index (χ1n) is 7.52. The molecule has 0 radical (unpaired) electrons. The number of aromatic nitrogens is 2. The van der Waals surface area contributed by atoms with Gasteiger partial charge in [0.25, 0.3) is 0 Å². The summed E-state index contributed by atoms with van der Waals surface area (Å²) in [7, 11) is 0. The van der Waals surface area contributed by atoms with Gasteiger partial charge in [0.15, 0.2) is 0 Å². The van der Waals surface area contributed by atoms with Crippen LogP contribution in [-0.2, 0) is 6.42 Å². The van der Waals surface area contributed by atoms with Crippen LogP contribution in [-0.4, -0.2) is 15.4 Å². The Labute approximate surface area is 115 Å². The molecule has 1 aliphatic rings. The standard InChI is InChI=1S/C16H23N3/c1-3-14-16(17-13-9-5-4-6-10-13)19-11-7-8-12(2)15(19)18-14/h7-8,11,13,17H,3-6,9-10H2,1-2H3. The maximum absolute atomic E-state index is 4.80. The summed E-state index contributed by atoms with van der Waals surface area (Å²) >= 11 is 0. The van der Waals surface area contributed by atoms with E-state index in [4.69, 9.17) is 4.98 Å². The van der Waals surface area contributed by atoms with Crippen molar-refractivity contribution in [3.8, 4) is 0 Å². The Kier molecular flexibility index (Phi) is 3.45. The summed E-state index contributed by atoms with van der Waals surface area (Å²) in [5.74, 6) is 1.22. The van der Waals surface area contributed by atoms with E-state index < -0.39 is 0 Å². The molecule has 0 aliphatic heterocycles. The molecule has 2 aromatic rings. The van der Waals surface area contributed by atoms with E-state index in [1.165, 1.54) is 49.2 Å². The third kappa shape index (κ3) is 2.34. The van der Waals surface area contributed by atoms with E-state index in [2.05, 4.69) is 41.9 Å². The number of anilines is 1. The van der Waals surface area contributed by atoms with Gasteiger partial charge in [-0.3, -0.25) is 4.40 Å². The number of rotatable bonds is 3. The van der Waals surface area contributed by atoms with Crippen LogP contribution in [0.25, 0.3) is 5.65 Å². The van der Waals surface area contributed by atoms with Crippen molar-refractivity contribution in [1.29, 1.82) is 0 Å². The van der Waals surface area contributed by atoms with Crippen LogP contribution in [0.5, 0.6) is 0 Å². The van der Waals surface area contributed by atoms with Crippen molar-refractivity contribution in [3.63, 3.8) is 0 Å². The minimum absolute atomic E-state index is 0.625. The second-order valence-electron chi connectivity index (χ2n) is 5.62. The predicted molar refractivity (Wildman–Crippen MR) is 79.8 cm³/mol. The fraction of sp³-hybridized carbons (Fsp3) is 0.562. The molecule has 2 aromatic heterocycles. The molecule has 2 heterocycles. The maximum Gasteiger partial charge on any atom is 0.141 e. The lowest BCUT2D eigenvalue weighted by Crippen LogP contribution is -2.23. The van der Waals surface area contributed by atoms with Crippen molar-refractivity contribution in [2.75, 3.05) is 5.32 Å². The van der Waals surface area contributed by atoms with Crippen LogP contribution >= 0.6 is 0 Å². The van der Waals surface area contributed by atoms with E-state index in [0.29, 0.717) is 6.04 Å². The fourth-order valence-electron chi connectivity index (χ4n) is 3.09. The Bertz CT molecular complexity index is 565. The molecule has 3 heteroatoms. The third-order valence-electron chi connectivity index (χ3n) is 4.20. The van der Waals surface area contributed by atoms with Gasteiger partial charge in [0.2, 0.25) is 0 Å². The van der Waals surface area contributed by atoms with Crippen LogP contribution in [0.4, 0.5) is 5.82 Å². The SMILES string of the molecule is CCc1nc2c(C)cccn2c1NC1CCCCC1. The highest BCUT2D eigenvalue weighted by atomic mass is 15.1. The second kappa shape index (κ2) is 5.24. The third-order valence-corrected chi connectivity index (χ3v) is 4.20. The maximum atomic E-state index is 4.80. The molecule has 102 valence electrons. The molecule has 0 spiro atoms. The van der Waals surface area contributed by atoms with Gasteiger partial charge in [0.1, 0.15) is 11.5 Å². The summed E-state index contributed by atoms with van der Waals surface area (Å²) in [6.07, 6.45) is 9.80. The van der Waals surface area contributed by atoms with E-state index in [1.54, 1.807) is 0 Å². The number of aryl methyl sites for hydroxylation is 2. The van der Waals surface area contributed by atoms with Crippen LogP contribution in [0.1, 0.15) is 50.3 Å². The normalized spacial score (nSPS) is 16.9. The molecule has 0 atom stereocenters. The molecule has 1 fully saturated rings. The van der Waals surface area contributed by atoms with Gasteiger partial charge < -0.3 is 5.32 Å². The lowest BCUT2D eigenvalue weighted by atomic mass is 9.95. The topological polar surface area (TPSA) is 29.3 Å². The highest BCUT2D eigenvalue weighted by molar-refractivity contribution is 5.59. The smallest absolute Gasteiger partial charge is 0.141 e. The molecular formula is C16H23N3. The molecular weight excluding hydrogens is 234 g/mol. The van der Waals surface area contributed by atoms with Crippen LogP contribution in [0.2, 0.25) is 0 Å². The Morgan fingerprint density at radius 2 is 2.11 bits per heavy atom. The van der Waals surface area contributed by atoms with Crippen LogP contribution in [0.3, 0.4) is 0 Å². The van der Waals surface area contributed by atoms with Gasteiger partial charge in [-0.05, 0) is 37.8 Å². The zero-order valence-corrected chi connectivity index (χ0v) is 11.9.